The Bertz CT molecular complexity index is 1020. The largest absolute Gasteiger partial charge is 0.489 e. The van der Waals surface area contributed by atoms with Crippen LogP contribution in [0.25, 0.3) is 0 Å². The molecule has 0 saturated heterocycles. The van der Waals surface area contributed by atoms with Gasteiger partial charge in [-0.25, -0.2) is 0 Å². The summed E-state index contributed by atoms with van der Waals surface area (Å²) in [6.07, 6.45) is 10.7. The molecule has 6 nitrogen and oxygen atoms in total. The summed E-state index contributed by atoms with van der Waals surface area (Å²) in [4.78, 5) is 16.7. The predicted octanol–water partition coefficient (Wildman–Crippen LogP) is 6.37. The van der Waals surface area contributed by atoms with Crippen LogP contribution in [0.15, 0.2) is 77.5 Å². The first-order chi connectivity index (χ1) is 17.1. The lowest BCUT2D eigenvalue weighted by atomic mass is 9.91. The van der Waals surface area contributed by atoms with Crippen LogP contribution in [0.4, 0.5) is 0 Å². The molecule has 186 valence electrons. The smallest absolute Gasteiger partial charge is 0.306 e. The van der Waals surface area contributed by atoms with Crippen molar-refractivity contribution in [3.8, 4) is 11.5 Å². The van der Waals surface area contributed by atoms with Crippen LogP contribution in [0, 0.1) is 0 Å². The van der Waals surface area contributed by atoms with Crippen LogP contribution in [-0.4, -0.2) is 32.5 Å². The van der Waals surface area contributed by atoms with Crippen LogP contribution in [0.5, 0.6) is 11.5 Å². The summed E-state index contributed by atoms with van der Waals surface area (Å²) in [6.45, 7) is 2.91. The van der Waals surface area contributed by atoms with Gasteiger partial charge in [0.1, 0.15) is 37.5 Å². The van der Waals surface area contributed by atoms with Crippen LogP contribution in [0.2, 0.25) is 0 Å². The van der Waals surface area contributed by atoms with E-state index < -0.39 is 0 Å². The van der Waals surface area contributed by atoms with Crippen molar-refractivity contribution >= 4 is 11.7 Å². The molecule has 0 bridgehead atoms. The number of carbonyl (C=O) groups excluding carboxylic acids is 1. The lowest BCUT2D eigenvalue weighted by Gasteiger charge is -2.16. The highest BCUT2D eigenvalue weighted by atomic mass is 16.6. The second-order valence-electron chi connectivity index (χ2n) is 8.42. The molecule has 1 unspecified atom stereocenters. The third kappa shape index (κ3) is 8.32. The summed E-state index contributed by atoms with van der Waals surface area (Å²) in [5.74, 6) is 1.53. The number of ether oxygens (including phenoxy) is 3. The number of benzene rings is 2. The predicted molar refractivity (Wildman–Crippen MR) is 138 cm³/mol. The molecule has 0 saturated carbocycles. The summed E-state index contributed by atoms with van der Waals surface area (Å²) in [6, 6.07) is 15.8. The van der Waals surface area contributed by atoms with Crippen LogP contribution in [-0.2, 0) is 21.0 Å². The minimum atomic E-state index is -0.179. The molecule has 0 spiro atoms. The fourth-order valence-corrected chi connectivity index (χ4v) is 3.96. The molecule has 35 heavy (non-hydrogen) atoms. The highest BCUT2D eigenvalue weighted by Gasteiger charge is 2.16. The quantitative estimate of drug-likeness (QED) is 0.190. The zero-order chi connectivity index (χ0) is 24.9. The Morgan fingerprint density at radius 2 is 1.69 bits per heavy atom. The highest BCUT2D eigenvalue weighted by Crippen LogP contribution is 2.27. The molecule has 3 rings (SSSR count). The van der Waals surface area contributed by atoms with Gasteiger partial charge < -0.3 is 19.0 Å². The molecular formula is C29H35NO5. The third-order valence-electron chi connectivity index (χ3n) is 5.86. The standard InChI is InChI=1S/C29H35NO5/c1-4-8-25(19-29(31)32-2)23-13-17-27(18-14-23)34-20-22-11-15-26(16-12-22)35-21-28(30-33-3)24-9-6-5-7-10-24/h6,9-18,25H,4-5,7-8,19-21H2,1-3H3/b30-28+. The lowest BCUT2D eigenvalue weighted by Crippen LogP contribution is -2.14. The van der Waals surface area contributed by atoms with Crippen molar-refractivity contribution in [1.82, 2.24) is 0 Å². The van der Waals surface area contributed by atoms with E-state index in [1.54, 1.807) is 7.11 Å². The average Bonchev–Trinajstić information content (AvgIpc) is 2.91. The number of carbonyl (C=O) groups is 1. The van der Waals surface area contributed by atoms with Gasteiger partial charge in [-0.1, -0.05) is 61.0 Å². The van der Waals surface area contributed by atoms with Crippen molar-refractivity contribution in [3.63, 3.8) is 0 Å². The van der Waals surface area contributed by atoms with Gasteiger partial charge in [-0.2, -0.15) is 0 Å². The van der Waals surface area contributed by atoms with Crippen molar-refractivity contribution in [1.29, 1.82) is 0 Å². The number of oxime groups is 1. The fourth-order valence-electron chi connectivity index (χ4n) is 3.96. The van der Waals surface area contributed by atoms with E-state index in [-0.39, 0.29) is 11.9 Å². The Kier molecular flexibility index (Phi) is 10.4. The Morgan fingerprint density at radius 1 is 0.971 bits per heavy atom. The summed E-state index contributed by atoms with van der Waals surface area (Å²) >= 11 is 0. The molecule has 0 heterocycles. The van der Waals surface area contributed by atoms with E-state index in [0.717, 1.165) is 59.6 Å². The molecular weight excluding hydrogens is 442 g/mol. The molecule has 6 heteroatoms. The van der Waals surface area contributed by atoms with Gasteiger partial charge >= 0.3 is 5.97 Å². The van der Waals surface area contributed by atoms with Crippen molar-refractivity contribution in [2.75, 3.05) is 20.8 Å². The highest BCUT2D eigenvalue weighted by molar-refractivity contribution is 6.03. The first-order valence-electron chi connectivity index (χ1n) is 12.1. The van der Waals surface area contributed by atoms with Gasteiger partial charge in [0.05, 0.1) is 13.5 Å². The minimum Gasteiger partial charge on any atom is -0.489 e. The first-order valence-corrected chi connectivity index (χ1v) is 12.1. The Labute approximate surface area is 208 Å². The third-order valence-corrected chi connectivity index (χ3v) is 5.86. The molecule has 1 aliphatic carbocycles. The average molecular weight is 478 g/mol. The summed E-state index contributed by atoms with van der Waals surface area (Å²) in [5, 5.41) is 4.12. The molecule has 0 radical (unpaired) electrons. The van der Waals surface area contributed by atoms with E-state index in [2.05, 4.69) is 30.3 Å². The number of nitrogens with zero attached hydrogens (tertiary/aromatic N) is 1. The SMILES string of the molecule is CCCC(CC(=O)OC)c1ccc(OCc2ccc(OC/C(=N\OC)C3=CCCC=C3)cc2)cc1. The summed E-state index contributed by atoms with van der Waals surface area (Å²) in [5.41, 5.74) is 3.98. The number of rotatable bonds is 13. The molecule has 2 aromatic carbocycles. The van der Waals surface area contributed by atoms with E-state index in [1.807, 2.05) is 48.5 Å². The number of hydrogen-bond acceptors (Lipinski definition) is 6. The van der Waals surface area contributed by atoms with Gasteiger partial charge in [-0.3, -0.25) is 4.79 Å². The van der Waals surface area contributed by atoms with Crippen LogP contribution >= 0.6 is 0 Å². The van der Waals surface area contributed by atoms with Crippen LogP contribution in [0.1, 0.15) is 56.1 Å². The van der Waals surface area contributed by atoms with Gasteiger partial charge in [0.15, 0.2) is 0 Å². The lowest BCUT2D eigenvalue weighted by molar-refractivity contribution is -0.141. The molecule has 2 aromatic rings. The van der Waals surface area contributed by atoms with Gasteiger partial charge in [0.25, 0.3) is 0 Å². The fraction of sp³-hybridized carbons (Fsp3) is 0.379. The van der Waals surface area contributed by atoms with E-state index in [1.165, 1.54) is 7.11 Å². The van der Waals surface area contributed by atoms with E-state index >= 15 is 0 Å². The van der Waals surface area contributed by atoms with Gasteiger partial charge in [-0.05, 0) is 66.1 Å². The Balaban J connectivity index is 1.51. The molecule has 1 aliphatic rings. The molecule has 0 fully saturated rings. The molecule has 0 aromatic heterocycles. The number of allylic oxidation sites excluding steroid dienone is 3. The van der Waals surface area contributed by atoms with E-state index in [9.17, 15) is 4.79 Å². The number of esters is 1. The molecule has 0 amide bonds. The van der Waals surface area contributed by atoms with Crippen molar-refractivity contribution < 1.29 is 23.8 Å². The minimum absolute atomic E-state index is 0.161. The Morgan fingerprint density at radius 3 is 2.31 bits per heavy atom. The topological polar surface area (TPSA) is 66.4 Å². The van der Waals surface area contributed by atoms with Crippen molar-refractivity contribution in [3.05, 3.63) is 83.5 Å². The Hall–Kier alpha value is -3.54. The maximum atomic E-state index is 11.7. The van der Waals surface area contributed by atoms with Crippen LogP contribution < -0.4 is 9.47 Å². The maximum Gasteiger partial charge on any atom is 0.306 e. The van der Waals surface area contributed by atoms with Gasteiger partial charge in [0.2, 0.25) is 0 Å². The molecule has 1 atom stereocenters. The number of methoxy groups -OCH3 is 1. The van der Waals surface area contributed by atoms with E-state index in [4.69, 9.17) is 19.0 Å². The summed E-state index contributed by atoms with van der Waals surface area (Å²) < 4.78 is 16.7. The first kappa shape index (κ1) is 26.1. The zero-order valence-electron chi connectivity index (χ0n) is 20.9. The normalized spacial score (nSPS) is 14.1. The maximum absolute atomic E-state index is 11.7. The summed E-state index contributed by atoms with van der Waals surface area (Å²) in [7, 11) is 2.97. The monoisotopic (exact) mass is 477 g/mol. The number of hydrogen-bond donors (Lipinski definition) is 0. The van der Waals surface area contributed by atoms with Crippen molar-refractivity contribution in [2.45, 2.75) is 51.6 Å². The zero-order valence-corrected chi connectivity index (χ0v) is 20.9. The van der Waals surface area contributed by atoms with Gasteiger partial charge in [0, 0.05) is 0 Å². The molecule has 0 N–H and O–H groups in total. The molecule has 0 aliphatic heterocycles. The van der Waals surface area contributed by atoms with Crippen molar-refractivity contribution in [2.24, 2.45) is 5.16 Å². The second-order valence-corrected chi connectivity index (χ2v) is 8.42. The van der Waals surface area contributed by atoms with Gasteiger partial charge in [-0.15, -0.1) is 0 Å². The van der Waals surface area contributed by atoms with Crippen LogP contribution in [0.3, 0.4) is 0 Å². The second kappa shape index (κ2) is 14.0. The van der Waals surface area contributed by atoms with E-state index in [0.29, 0.717) is 19.6 Å².